The Bertz CT molecular complexity index is 451. The summed E-state index contributed by atoms with van der Waals surface area (Å²) in [6.45, 7) is 4.04. The molecule has 0 saturated carbocycles. The van der Waals surface area contributed by atoms with Gasteiger partial charge in [0, 0.05) is 11.4 Å². The topological polar surface area (TPSA) is 52.0 Å². The third-order valence-corrected chi connectivity index (χ3v) is 2.40. The van der Waals surface area contributed by atoms with Crippen molar-refractivity contribution in [2.24, 2.45) is 5.73 Å². The fourth-order valence-electron chi connectivity index (χ4n) is 1.55. The van der Waals surface area contributed by atoms with Gasteiger partial charge in [-0.2, -0.15) is 0 Å². The summed E-state index contributed by atoms with van der Waals surface area (Å²) in [5, 5.41) is 5.01. The van der Waals surface area contributed by atoms with E-state index in [1.54, 1.807) is 0 Å². The van der Waals surface area contributed by atoms with Crippen LogP contribution in [0.5, 0.6) is 0 Å². The Morgan fingerprint density at radius 1 is 1.47 bits per heavy atom. The number of aryl methyl sites for hydroxylation is 1. The van der Waals surface area contributed by atoms with E-state index in [1.165, 1.54) is 5.56 Å². The van der Waals surface area contributed by atoms with Gasteiger partial charge in [0.05, 0.1) is 0 Å². The van der Waals surface area contributed by atoms with Crippen LogP contribution in [0, 0.1) is 0 Å². The summed E-state index contributed by atoms with van der Waals surface area (Å²) in [6, 6.07) is 6.03. The fraction of sp³-hybridized carbons (Fsp3) is 0.364. The summed E-state index contributed by atoms with van der Waals surface area (Å²) in [5.74, 6) is 0. The van der Waals surface area contributed by atoms with Crippen molar-refractivity contribution < 1.29 is 4.52 Å². The highest BCUT2D eigenvalue weighted by Crippen LogP contribution is 2.23. The van der Waals surface area contributed by atoms with E-state index in [9.17, 15) is 0 Å². The van der Waals surface area contributed by atoms with Crippen LogP contribution in [0.25, 0.3) is 11.0 Å². The Morgan fingerprint density at radius 3 is 2.80 bits per heavy atom. The summed E-state index contributed by atoms with van der Waals surface area (Å²) >= 11 is 0. The van der Waals surface area contributed by atoms with E-state index in [2.05, 4.69) is 24.2 Å². The Hall–Kier alpha value is -1.06. The molecular weight excluding hydrogens is 212 g/mol. The fourth-order valence-corrected chi connectivity index (χ4v) is 1.55. The molecule has 2 aromatic rings. The quantitative estimate of drug-likeness (QED) is 0.857. The smallest absolute Gasteiger partial charge is 0.167 e. The van der Waals surface area contributed by atoms with Gasteiger partial charge >= 0.3 is 0 Å². The molecule has 82 valence electrons. The third-order valence-electron chi connectivity index (χ3n) is 2.40. The summed E-state index contributed by atoms with van der Waals surface area (Å²) in [5.41, 5.74) is 8.73. The second-order valence-corrected chi connectivity index (χ2v) is 3.54. The van der Waals surface area contributed by atoms with Gasteiger partial charge < -0.3 is 10.3 Å². The molecule has 0 bridgehead atoms. The normalized spacial score (nSPS) is 12.5. The van der Waals surface area contributed by atoms with Crippen molar-refractivity contribution in [3.63, 3.8) is 0 Å². The molecule has 0 spiro atoms. The molecule has 0 aliphatic rings. The Labute approximate surface area is 95.0 Å². The van der Waals surface area contributed by atoms with Crippen LogP contribution < -0.4 is 5.73 Å². The number of fused-ring (bicyclic) bond motifs is 1. The molecule has 0 aliphatic heterocycles. The van der Waals surface area contributed by atoms with Gasteiger partial charge in [-0.3, -0.25) is 0 Å². The van der Waals surface area contributed by atoms with Crippen molar-refractivity contribution in [3.05, 3.63) is 29.5 Å². The van der Waals surface area contributed by atoms with Crippen LogP contribution in [-0.4, -0.2) is 5.16 Å². The van der Waals surface area contributed by atoms with Gasteiger partial charge in [0.2, 0.25) is 0 Å². The molecule has 1 aromatic carbocycles. The molecular formula is C11H15ClN2O. The first-order valence-corrected chi connectivity index (χ1v) is 4.86. The molecule has 3 nitrogen and oxygen atoms in total. The molecule has 0 saturated heterocycles. The zero-order chi connectivity index (χ0) is 10.1. The minimum absolute atomic E-state index is 0. The molecule has 1 aromatic heterocycles. The molecule has 0 fully saturated rings. The first-order valence-electron chi connectivity index (χ1n) is 4.86. The Balaban J connectivity index is 0.00000112. The van der Waals surface area contributed by atoms with Gasteiger partial charge in [0.25, 0.3) is 0 Å². The van der Waals surface area contributed by atoms with Crippen molar-refractivity contribution in [2.45, 2.75) is 26.3 Å². The second-order valence-electron chi connectivity index (χ2n) is 3.54. The summed E-state index contributed by atoms with van der Waals surface area (Å²) in [6.07, 6.45) is 1.01. The first-order chi connectivity index (χ1) is 6.72. The number of hydrogen-bond acceptors (Lipinski definition) is 3. The molecule has 2 N–H and O–H groups in total. The number of hydrogen-bond donors (Lipinski definition) is 1. The van der Waals surface area contributed by atoms with Crippen molar-refractivity contribution >= 4 is 23.4 Å². The Kier molecular flexibility index (Phi) is 3.72. The maximum Gasteiger partial charge on any atom is 0.167 e. The van der Waals surface area contributed by atoms with E-state index < -0.39 is 0 Å². The van der Waals surface area contributed by atoms with Gasteiger partial charge in [-0.15, -0.1) is 12.4 Å². The number of halogens is 1. The van der Waals surface area contributed by atoms with E-state index in [4.69, 9.17) is 10.3 Å². The van der Waals surface area contributed by atoms with Crippen LogP contribution in [-0.2, 0) is 6.42 Å². The lowest BCUT2D eigenvalue weighted by atomic mass is 10.1. The highest BCUT2D eigenvalue weighted by Gasteiger charge is 2.11. The lowest BCUT2D eigenvalue weighted by Gasteiger charge is -2.00. The van der Waals surface area contributed by atoms with Crippen molar-refractivity contribution in [1.82, 2.24) is 5.16 Å². The van der Waals surface area contributed by atoms with Crippen molar-refractivity contribution in [2.75, 3.05) is 0 Å². The maximum atomic E-state index is 5.79. The number of nitrogens with two attached hydrogens (primary N) is 1. The predicted molar refractivity (Wildman–Crippen MR) is 63.2 cm³/mol. The molecule has 0 aliphatic carbocycles. The average molecular weight is 227 g/mol. The van der Waals surface area contributed by atoms with Gasteiger partial charge in [-0.05, 0) is 31.0 Å². The van der Waals surface area contributed by atoms with Crippen molar-refractivity contribution in [1.29, 1.82) is 0 Å². The van der Waals surface area contributed by atoms with Crippen LogP contribution in [0.15, 0.2) is 22.7 Å². The van der Waals surface area contributed by atoms with Crippen LogP contribution in [0.4, 0.5) is 0 Å². The highest BCUT2D eigenvalue weighted by atomic mass is 35.5. The lowest BCUT2D eigenvalue weighted by Crippen LogP contribution is -2.05. The maximum absolute atomic E-state index is 5.79. The summed E-state index contributed by atoms with van der Waals surface area (Å²) in [4.78, 5) is 0. The average Bonchev–Trinajstić information content (AvgIpc) is 2.59. The molecule has 15 heavy (non-hydrogen) atoms. The van der Waals surface area contributed by atoms with Gasteiger partial charge in [0.1, 0.15) is 5.69 Å². The van der Waals surface area contributed by atoms with Gasteiger partial charge in [0.15, 0.2) is 5.58 Å². The summed E-state index contributed by atoms with van der Waals surface area (Å²) in [7, 11) is 0. The molecule has 4 heteroatoms. The number of nitrogens with zero attached hydrogens (tertiary/aromatic N) is 1. The first kappa shape index (κ1) is 12.0. The number of rotatable bonds is 2. The van der Waals surface area contributed by atoms with E-state index in [0.29, 0.717) is 0 Å². The van der Waals surface area contributed by atoms with Crippen molar-refractivity contribution in [3.8, 4) is 0 Å². The Morgan fingerprint density at radius 2 is 2.20 bits per heavy atom. The third kappa shape index (κ3) is 2.13. The molecule has 1 unspecified atom stereocenters. The van der Waals surface area contributed by atoms with E-state index in [0.717, 1.165) is 23.1 Å². The number of benzene rings is 1. The standard InChI is InChI=1S/C11H14N2O.ClH/c1-3-8-4-5-10-9(6-8)11(7(2)12)13-14-10;/h4-7H,3,12H2,1-2H3;1H. The molecule has 1 atom stereocenters. The summed E-state index contributed by atoms with van der Waals surface area (Å²) < 4.78 is 5.18. The van der Waals surface area contributed by atoms with Gasteiger partial charge in [-0.25, -0.2) is 0 Å². The zero-order valence-corrected chi connectivity index (χ0v) is 9.67. The molecule has 0 radical (unpaired) electrons. The minimum atomic E-state index is -0.0802. The molecule has 0 amide bonds. The lowest BCUT2D eigenvalue weighted by molar-refractivity contribution is 0.440. The number of aromatic nitrogens is 1. The molecule has 2 rings (SSSR count). The molecule has 1 heterocycles. The zero-order valence-electron chi connectivity index (χ0n) is 8.86. The van der Waals surface area contributed by atoms with Gasteiger partial charge in [-0.1, -0.05) is 18.1 Å². The van der Waals surface area contributed by atoms with E-state index in [1.807, 2.05) is 13.0 Å². The van der Waals surface area contributed by atoms with Crippen LogP contribution in [0.3, 0.4) is 0 Å². The van der Waals surface area contributed by atoms with Crippen LogP contribution in [0.2, 0.25) is 0 Å². The predicted octanol–water partition coefficient (Wildman–Crippen LogP) is 2.83. The SMILES string of the molecule is CCc1ccc2onc(C(C)N)c2c1.Cl. The minimum Gasteiger partial charge on any atom is -0.356 e. The van der Waals surface area contributed by atoms with E-state index >= 15 is 0 Å². The van der Waals surface area contributed by atoms with E-state index in [-0.39, 0.29) is 18.4 Å². The second kappa shape index (κ2) is 4.64. The van der Waals surface area contributed by atoms with Crippen LogP contribution in [0.1, 0.15) is 31.1 Å². The van der Waals surface area contributed by atoms with Crippen LogP contribution >= 0.6 is 12.4 Å². The largest absolute Gasteiger partial charge is 0.356 e. The monoisotopic (exact) mass is 226 g/mol. The highest BCUT2D eigenvalue weighted by molar-refractivity contribution is 5.85.